The molecule has 5 nitrogen and oxygen atoms in total. The van der Waals surface area contributed by atoms with Crippen LogP contribution in [0.15, 0.2) is 24.5 Å². The fourth-order valence-electron chi connectivity index (χ4n) is 2.60. The average molecular weight is 283 g/mol. The van der Waals surface area contributed by atoms with Crippen molar-refractivity contribution in [2.24, 2.45) is 0 Å². The Morgan fingerprint density at radius 2 is 1.81 bits per heavy atom. The molecular weight excluding hydrogens is 262 g/mol. The van der Waals surface area contributed by atoms with Gasteiger partial charge in [0.25, 0.3) is 0 Å². The Bertz CT molecular complexity index is 603. The minimum atomic E-state index is 0.665. The van der Waals surface area contributed by atoms with Gasteiger partial charge < -0.3 is 10.2 Å². The third kappa shape index (κ3) is 3.48. The maximum Gasteiger partial charge on any atom is 0.222 e. The second kappa shape index (κ2) is 6.08. The SMILES string of the molecule is Cc1cnc(NCc2cc(C)nc(N3CCCC3)c2)nc1. The van der Waals surface area contributed by atoms with Gasteiger partial charge in [-0.15, -0.1) is 0 Å². The third-order valence-electron chi connectivity index (χ3n) is 3.66. The highest BCUT2D eigenvalue weighted by atomic mass is 15.2. The lowest BCUT2D eigenvalue weighted by molar-refractivity contribution is 0.920. The molecule has 0 unspecified atom stereocenters. The summed E-state index contributed by atoms with van der Waals surface area (Å²) in [6.07, 6.45) is 6.17. The molecule has 1 fully saturated rings. The number of aromatic nitrogens is 3. The van der Waals surface area contributed by atoms with Gasteiger partial charge in [0.05, 0.1) is 0 Å². The molecule has 1 aliphatic rings. The van der Waals surface area contributed by atoms with Crippen molar-refractivity contribution in [2.45, 2.75) is 33.2 Å². The van der Waals surface area contributed by atoms with Gasteiger partial charge in [0.15, 0.2) is 0 Å². The molecule has 2 aromatic rings. The lowest BCUT2D eigenvalue weighted by Gasteiger charge is -2.18. The zero-order chi connectivity index (χ0) is 14.7. The molecule has 110 valence electrons. The number of rotatable bonds is 4. The fourth-order valence-corrected chi connectivity index (χ4v) is 2.60. The number of hydrogen-bond acceptors (Lipinski definition) is 5. The summed E-state index contributed by atoms with van der Waals surface area (Å²) in [5.41, 5.74) is 3.34. The lowest BCUT2D eigenvalue weighted by Crippen LogP contribution is -2.19. The van der Waals surface area contributed by atoms with Crippen LogP contribution in [-0.2, 0) is 6.54 Å². The van der Waals surface area contributed by atoms with Crippen molar-refractivity contribution >= 4 is 11.8 Å². The van der Waals surface area contributed by atoms with Gasteiger partial charge in [0.2, 0.25) is 5.95 Å². The van der Waals surface area contributed by atoms with E-state index in [0.717, 1.165) is 30.2 Å². The van der Waals surface area contributed by atoms with E-state index in [1.807, 2.05) is 26.2 Å². The Balaban J connectivity index is 1.71. The van der Waals surface area contributed by atoms with Crippen molar-refractivity contribution in [3.05, 3.63) is 41.3 Å². The highest BCUT2D eigenvalue weighted by Crippen LogP contribution is 2.20. The molecule has 0 amide bonds. The first kappa shape index (κ1) is 13.8. The van der Waals surface area contributed by atoms with Crippen LogP contribution in [0.5, 0.6) is 0 Å². The molecular formula is C16H21N5. The molecule has 0 radical (unpaired) electrons. The van der Waals surface area contributed by atoms with Crippen molar-refractivity contribution in [2.75, 3.05) is 23.3 Å². The number of pyridine rings is 1. The molecule has 0 saturated carbocycles. The van der Waals surface area contributed by atoms with Crippen molar-refractivity contribution < 1.29 is 0 Å². The summed E-state index contributed by atoms with van der Waals surface area (Å²) in [6, 6.07) is 4.28. The summed E-state index contributed by atoms with van der Waals surface area (Å²) in [6.45, 7) is 6.98. The predicted octanol–water partition coefficient (Wildman–Crippen LogP) is 2.70. The number of hydrogen-bond donors (Lipinski definition) is 1. The Kier molecular flexibility index (Phi) is 3.99. The zero-order valence-corrected chi connectivity index (χ0v) is 12.6. The van der Waals surface area contributed by atoms with Crippen molar-refractivity contribution in [3.8, 4) is 0 Å². The molecule has 5 heteroatoms. The van der Waals surface area contributed by atoms with Gasteiger partial charge in [-0.2, -0.15) is 0 Å². The minimum absolute atomic E-state index is 0.665. The molecule has 3 heterocycles. The number of nitrogens with zero attached hydrogens (tertiary/aromatic N) is 4. The van der Waals surface area contributed by atoms with E-state index >= 15 is 0 Å². The largest absolute Gasteiger partial charge is 0.357 e. The summed E-state index contributed by atoms with van der Waals surface area (Å²) in [7, 11) is 0. The molecule has 0 aliphatic carbocycles. The van der Waals surface area contributed by atoms with Crippen molar-refractivity contribution in [1.82, 2.24) is 15.0 Å². The first-order chi connectivity index (χ1) is 10.2. The van der Waals surface area contributed by atoms with E-state index in [9.17, 15) is 0 Å². The Morgan fingerprint density at radius 3 is 2.52 bits per heavy atom. The molecule has 0 bridgehead atoms. The summed E-state index contributed by atoms with van der Waals surface area (Å²) in [4.78, 5) is 15.5. The van der Waals surface area contributed by atoms with Crippen LogP contribution in [0.4, 0.5) is 11.8 Å². The van der Waals surface area contributed by atoms with Crippen molar-refractivity contribution in [3.63, 3.8) is 0 Å². The van der Waals surface area contributed by atoms with Gasteiger partial charge in [-0.3, -0.25) is 0 Å². The van der Waals surface area contributed by atoms with E-state index < -0.39 is 0 Å². The second-order valence-electron chi connectivity index (χ2n) is 5.61. The monoisotopic (exact) mass is 283 g/mol. The smallest absolute Gasteiger partial charge is 0.222 e. The quantitative estimate of drug-likeness (QED) is 0.935. The van der Waals surface area contributed by atoms with Crippen LogP contribution in [0.3, 0.4) is 0 Å². The van der Waals surface area contributed by atoms with E-state index in [1.54, 1.807) is 0 Å². The van der Waals surface area contributed by atoms with Crippen LogP contribution in [0, 0.1) is 13.8 Å². The highest BCUT2D eigenvalue weighted by Gasteiger charge is 2.14. The minimum Gasteiger partial charge on any atom is -0.357 e. The molecule has 0 atom stereocenters. The normalized spacial score (nSPS) is 14.5. The van der Waals surface area contributed by atoms with E-state index in [1.165, 1.54) is 18.4 Å². The van der Waals surface area contributed by atoms with Crippen LogP contribution < -0.4 is 10.2 Å². The standard InChI is InChI=1S/C16H21N5/c1-12-9-17-16(18-10-12)19-11-14-7-13(2)20-15(8-14)21-5-3-4-6-21/h7-10H,3-6,11H2,1-2H3,(H,17,18,19). The number of aryl methyl sites for hydroxylation is 2. The van der Waals surface area contributed by atoms with E-state index in [0.29, 0.717) is 12.5 Å². The van der Waals surface area contributed by atoms with E-state index in [4.69, 9.17) is 0 Å². The first-order valence-electron chi connectivity index (χ1n) is 7.46. The van der Waals surface area contributed by atoms with Gasteiger partial charge in [0, 0.05) is 37.7 Å². The summed E-state index contributed by atoms with van der Waals surface area (Å²) in [5, 5.41) is 3.26. The van der Waals surface area contributed by atoms with E-state index in [-0.39, 0.29) is 0 Å². The second-order valence-corrected chi connectivity index (χ2v) is 5.61. The van der Waals surface area contributed by atoms with Crippen LogP contribution in [0.2, 0.25) is 0 Å². The molecule has 3 rings (SSSR count). The summed E-state index contributed by atoms with van der Waals surface area (Å²) in [5.74, 6) is 1.76. The zero-order valence-electron chi connectivity index (χ0n) is 12.6. The average Bonchev–Trinajstić information content (AvgIpc) is 3.00. The van der Waals surface area contributed by atoms with Gasteiger partial charge in [0.1, 0.15) is 5.82 Å². The molecule has 0 aromatic carbocycles. The number of nitrogens with one attached hydrogen (secondary N) is 1. The third-order valence-corrected chi connectivity index (χ3v) is 3.66. The highest BCUT2D eigenvalue weighted by molar-refractivity contribution is 5.44. The van der Waals surface area contributed by atoms with Gasteiger partial charge in [-0.05, 0) is 49.9 Å². The topological polar surface area (TPSA) is 53.9 Å². The lowest BCUT2D eigenvalue weighted by atomic mass is 10.2. The first-order valence-corrected chi connectivity index (χ1v) is 7.46. The predicted molar refractivity (Wildman–Crippen MR) is 84.5 cm³/mol. The maximum atomic E-state index is 4.65. The molecule has 1 N–H and O–H groups in total. The molecule has 2 aromatic heterocycles. The Labute approximate surface area is 125 Å². The van der Waals surface area contributed by atoms with Crippen LogP contribution in [0.1, 0.15) is 29.7 Å². The summed E-state index contributed by atoms with van der Waals surface area (Å²) >= 11 is 0. The maximum absolute atomic E-state index is 4.65. The molecule has 21 heavy (non-hydrogen) atoms. The Hall–Kier alpha value is -2.17. The molecule has 1 aliphatic heterocycles. The van der Waals surface area contributed by atoms with Crippen molar-refractivity contribution in [1.29, 1.82) is 0 Å². The van der Waals surface area contributed by atoms with Gasteiger partial charge >= 0.3 is 0 Å². The van der Waals surface area contributed by atoms with Gasteiger partial charge in [-0.25, -0.2) is 15.0 Å². The molecule has 0 spiro atoms. The van der Waals surface area contributed by atoms with Crippen LogP contribution >= 0.6 is 0 Å². The molecule has 1 saturated heterocycles. The Morgan fingerprint density at radius 1 is 1.10 bits per heavy atom. The van der Waals surface area contributed by atoms with Crippen LogP contribution in [-0.4, -0.2) is 28.0 Å². The van der Waals surface area contributed by atoms with E-state index in [2.05, 4.69) is 37.3 Å². The van der Waals surface area contributed by atoms with Crippen LogP contribution in [0.25, 0.3) is 0 Å². The summed E-state index contributed by atoms with van der Waals surface area (Å²) < 4.78 is 0. The fraction of sp³-hybridized carbons (Fsp3) is 0.438. The van der Waals surface area contributed by atoms with Gasteiger partial charge in [-0.1, -0.05) is 0 Å². The number of anilines is 2.